The molecule has 2 atom stereocenters. The average Bonchev–Trinajstić information content (AvgIpc) is 2.99. The van der Waals surface area contributed by atoms with Crippen LogP contribution in [-0.4, -0.2) is 11.8 Å². The van der Waals surface area contributed by atoms with Crippen LogP contribution < -0.4 is 9.47 Å². The van der Waals surface area contributed by atoms with Crippen molar-refractivity contribution >= 4 is 17.6 Å². The molecule has 0 saturated carbocycles. The first-order chi connectivity index (χ1) is 13.7. The van der Waals surface area contributed by atoms with E-state index < -0.39 is 0 Å². The number of benzene rings is 2. The number of nitrogens with zero attached hydrogens (tertiary/aromatic N) is 2. The summed E-state index contributed by atoms with van der Waals surface area (Å²) >= 11 is 0. The molecule has 136 valence electrons. The molecule has 1 fully saturated rings. The third-order valence-electron chi connectivity index (χ3n) is 6.71. The summed E-state index contributed by atoms with van der Waals surface area (Å²) in [6.45, 7) is 0. The molecule has 2 aromatic carbocycles. The lowest BCUT2D eigenvalue weighted by atomic mass is 9.55. The van der Waals surface area contributed by atoms with Crippen LogP contribution in [0.5, 0.6) is 0 Å². The molecule has 4 heteroatoms. The third-order valence-corrected chi connectivity index (χ3v) is 6.71. The zero-order valence-corrected chi connectivity index (χ0v) is 15.4. The Morgan fingerprint density at radius 2 is 1.11 bits per heavy atom. The molecule has 0 N–H and O–H groups in total. The monoisotopic (exact) mass is 367 g/mol. The van der Waals surface area contributed by atoms with Gasteiger partial charge in [-0.15, -0.1) is 4.90 Å². The van der Waals surface area contributed by atoms with Gasteiger partial charge in [0, 0.05) is 17.9 Å². The van der Waals surface area contributed by atoms with Gasteiger partial charge in [-0.1, -0.05) is 54.6 Å². The number of carbonyl (C=O) groups is 2. The Balaban J connectivity index is 1.59. The van der Waals surface area contributed by atoms with E-state index in [1.165, 1.54) is 27.2 Å². The molecular formula is C24H19N2O2+. The number of pyridine rings is 1. The number of hydrogen-bond acceptors (Lipinski definition) is 2. The summed E-state index contributed by atoms with van der Waals surface area (Å²) < 4.78 is 1.84. The Morgan fingerprint density at radius 3 is 1.54 bits per heavy atom. The Morgan fingerprint density at radius 1 is 0.679 bits per heavy atom. The van der Waals surface area contributed by atoms with E-state index in [0.717, 1.165) is 0 Å². The van der Waals surface area contributed by atoms with E-state index in [-0.39, 0.29) is 35.5 Å². The molecule has 2 heterocycles. The van der Waals surface area contributed by atoms with Gasteiger partial charge in [0.25, 0.3) is 5.82 Å². The van der Waals surface area contributed by atoms with Gasteiger partial charge in [-0.05, 0) is 28.3 Å². The lowest BCUT2D eigenvalue weighted by molar-refractivity contribution is -0.658. The first-order valence-corrected chi connectivity index (χ1v) is 9.68. The van der Waals surface area contributed by atoms with Crippen molar-refractivity contribution in [3.05, 3.63) is 95.2 Å². The SMILES string of the molecule is C[n+]1ccccc1N1C(=O)[C@@H]2C3c4ccccc4C(c4ccccc43)[C@@H]2C1=O. The fourth-order valence-corrected chi connectivity index (χ4v) is 5.65. The van der Waals surface area contributed by atoms with E-state index >= 15 is 0 Å². The standard InChI is InChI=1S/C24H19N2O2/c1-25-13-7-6-12-18(25)26-23(27)21-19-14-8-2-3-9-15(14)20(22(21)24(26)28)17-11-5-4-10-16(17)19/h2-13,19-22H,1H3/q+1/t19?,20?,21-,22+. The molecule has 2 bridgehead atoms. The Labute approximate surface area is 163 Å². The zero-order chi connectivity index (χ0) is 19.0. The number of aromatic nitrogens is 1. The highest BCUT2D eigenvalue weighted by atomic mass is 16.2. The second kappa shape index (κ2) is 5.38. The Kier molecular flexibility index (Phi) is 3.03. The minimum absolute atomic E-state index is 0.0575. The van der Waals surface area contributed by atoms with Crippen molar-refractivity contribution in [1.82, 2.24) is 0 Å². The molecule has 2 amide bonds. The molecule has 1 aromatic heterocycles. The van der Waals surface area contributed by atoms with Gasteiger partial charge >= 0.3 is 11.8 Å². The van der Waals surface area contributed by atoms with Gasteiger partial charge in [-0.3, -0.25) is 0 Å². The first kappa shape index (κ1) is 15.8. The second-order valence-corrected chi connectivity index (χ2v) is 7.95. The molecule has 1 saturated heterocycles. The number of carbonyl (C=O) groups excluding carboxylic acids is 2. The maximum atomic E-state index is 13.6. The van der Waals surface area contributed by atoms with Crippen LogP contribution in [0.15, 0.2) is 72.9 Å². The Bertz CT molecular complexity index is 1050. The minimum atomic E-state index is -0.331. The van der Waals surface area contributed by atoms with Gasteiger partial charge in [0.05, 0.1) is 25.1 Å². The summed E-state index contributed by atoms with van der Waals surface area (Å²) in [4.78, 5) is 28.6. The molecule has 4 nitrogen and oxygen atoms in total. The molecular weight excluding hydrogens is 348 g/mol. The second-order valence-electron chi connectivity index (χ2n) is 7.95. The average molecular weight is 367 g/mol. The van der Waals surface area contributed by atoms with Gasteiger partial charge < -0.3 is 0 Å². The zero-order valence-electron chi connectivity index (χ0n) is 15.4. The quantitative estimate of drug-likeness (QED) is 0.490. The lowest BCUT2D eigenvalue weighted by Crippen LogP contribution is -2.42. The lowest BCUT2D eigenvalue weighted by Gasteiger charge is -2.44. The van der Waals surface area contributed by atoms with Crippen molar-refractivity contribution in [2.45, 2.75) is 11.8 Å². The molecule has 0 spiro atoms. The van der Waals surface area contributed by atoms with Crippen molar-refractivity contribution in [3.63, 3.8) is 0 Å². The number of aryl methyl sites for hydroxylation is 1. The van der Waals surface area contributed by atoms with Crippen LogP contribution in [0.25, 0.3) is 0 Å². The number of imide groups is 1. The summed E-state index contributed by atoms with van der Waals surface area (Å²) in [5.41, 5.74) is 4.81. The van der Waals surface area contributed by atoms with E-state index in [4.69, 9.17) is 0 Å². The summed E-state index contributed by atoms with van der Waals surface area (Å²) in [5, 5.41) is 0. The molecule has 0 unspecified atom stereocenters. The highest BCUT2D eigenvalue weighted by molar-refractivity contribution is 6.22. The van der Waals surface area contributed by atoms with Crippen molar-refractivity contribution in [2.75, 3.05) is 4.90 Å². The smallest absolute Gasteiger partial charge is 0.246 e. The molecule has 0 radical (unpaired) electrons. The summed E-state index contributed by atoms with van der Waals surface area (Å²) in [5.74, 6) is -0.285. The van der Waals surface area contributed by atoms with Crippen LogP contribution in [0.2, 0.25) is 0 Å². The first-order valence-electron chi connectivity index (χ1n) is 9.68. The van der Waals surface area contributed by atoms with Crippen molar-refractivity contribution in [3.8, 4) is 0 Å². The molecule has 3 aromatic rings. The fourth-order valence-electron chi connectivity index (χ4n) is 5.65. The van der Waals surface area contributed by atoms with E-state index in [0.29, 0.717) is 5.82 Å². The third kappa shape index (κ3) is 1.78. The molecule has 3 aliphatic carbocycles. The van der Waals surface area contributed by atoms with E-state index in [2.05, 4.69) is 24.3 Å². The summed E-state index contributed by atoms with van der Waals surface area (Å²) in [7, 11) is 1.87. The van der Waals surface area contributed by atoms with Gasteiger partial charge in [0.15, 0.2) is 0 Å². The van der Waals surface area contributed by atoms with Gasteiger partial charge in [0.2, 0.25) is 0 Å². The molecule has 1 aliphatic heterocycles. The maximum absolute atomic E-state index is 13.6. The summed E-state index contributed by atoms with van der Waals surface area (Å²) in [6, 6.07) is 22.3. The van der Waals surface area contributed by atoms with Crippen LogP contribution in [0.1, 0.15) is 34.1 Å². The van der Waals surface area contributed by atoms with E-state index in [1.807, 2.05) is 60.3 Å². The van der Waals surface area contributed by atoms with Gasteiger partial charge in [0.1, 0.15) is 0 Å². The van der Waals surface area contributed by atoms with Crippen LogP contribution in [-0.2, 0) is 16.6 Å². The highest BCUT2D eigenvalue weighted by Gasteiger charge is 2.65. The number of rotatable bonds is 1. The fraction of sp³-hybridized carbons (Fsp3) is 0.208. The highest BCUT2D eigenvalue weighted by Crippen LogP contribution is 2.61. The largest absolute Gasteiger partial charge is 0.322 e. The van der Waals surface area contributed by atoms with Crippen molar-refractivity contribution < 1.29 is 14.2 Å². The molecule has 28 heavy (non-hydrogen) atoms. The van der Waals surface area contributed by atoms with Crippen molar-refractivity contribution in [1.29, 1.82) is 0 Å². The molecule has 7 rings (SSSR count). The number of hydrogen-bond donors (Lipinski definition) is 0. The molecule has 4 aliphatic rings. The predicted octanol–water partition coefficient (Wildman–Crippen LogP) is 2.91. The normalized spacial score (nSPS) is 26.8. The Hall–Kier alpha value is -3.27. The van der Waals surface area contributed by atoms with Crippen LogP contribution in [0.3, 0.4) is 0 Å². The number of amides is 2. The summed E-state index contributed by atoms with van der Waals surface area (Å²) in [6.07, 6.45) is 1.87. The minimum Gasteiger partial charge on any atom is -0.246 e. The van der Waals surface area contributed by atoms with Crippen molar-refractivity contribution in [2.24, 2.45) is 18.9 Å². The van der Waals surface area contributed by atoms with Gasteiger partial charge in [-0.25, -0.2) is 14.2 Å². The maximum Gasteiger partial charge on any atom is 0.322 e. The van der Waals surface area contributed by atoms with E-state index in [9.17, 15) is 9.59 Å². The van der Waals surface area contributed by atoms with Gasteiger partial charge in [-0.2, -0.15) is 0 Å². The topological polar surface area (TPSA) is 41.3 Å². The number of anilines is 1. The van der Waals surface area contributed by atoms with Crippen LogP contribution in [0.4, 0.5) is 5.82 Å². The van der Waals surface area contributed by atoms with Crippen LogP contribution >= 0.6 is 0 Å². The van der Waals surface area contributed by atoms with Crippen LogP contribution in [0, 0.1) is 11.8 Å². The predicted molar refractivity (Wildman–Crippen MR) is 104 cm³/mol. The van der Waals surface area contributed by atoms with E-state index in [1.54, 1.807) is 0 Å².